The summed E-state index contributed by atoms with van der Waals surface area (Å²) in [6, 6.07) is 10.7. The number of nitrogens with one attached hydrogen (secondary N) is 1. The molecule has 1 heterocycles. The molecule has 3 rings (SSSR count). The molecule has 0 unspecified atom stereocenters. The van der Waals surface area contributed by atoms with Gasteiger partial charge in [-0.25, -0.2) is 0 Å². The van der Waals surface area contributed by atoms with Crippen molar-refractivity contribution in [3.8, 4) is 11.5 Å². The Morgan fingerprint density at radius 2 is 1.62 bits per heavy atom. The van der Waals surface area contributed by atoms with Crippen LogP contribution < -0.4 is 19.7 Å². The smallest absolute Gasteiger partial charge is 0.387 e. The molecule has 0 aromatic heterocycles. The molecule has 2 aromatic rings. The SMILES string of the molecule is CN1CCN(c2ccc(NC(=O)/C=C/c3ccc(OC(F)F)cc3OC(F)F)cc2)CC1. The number of ether oxygens (including phenoxy) is 2. The molecule has 0 saturated carbocycles. The number of benzene rings is 2. The zero-order chi connectivity index (χ0) is 23.1. The summed E-state index contributed by atoms with van der Waals surface area (Å²) >= 11 is 0. The van der Waals surface area contributed by atoms with Gasteiger partial charge in [-0.15, -0.1) is 0 Å². The van der Waals surface area contributed by atoms with E-state index in [1.54, 1.807) is 12.1 Å². The summed E-state index contributed by atoms with van der Waals surface area (Å²) in [5.74, 6) is -1.22. The Labute approximate surface area is 183 Å². The van der Waals surface area contributed by atoms with Crippen molar-refractivity contribution in [3.63, 3.8) is 0 Å². The Morgan fingerprint density at radius 1 is 0.969 bits per heavy atom. The first-order valence-electron chi connectivity index (χ1n) is 9.86. The van der Waals surface area contributed by atoms with Crippen molar-refractivity contribution in [1.29, 1.82) is 0 Å². The van der Waals surface area contributed by atoms with Crippen LogP contribution in [0, 0.1) is 0 Å². The van der Waals surface area contributed by atoms with Crippen LogP contribution in [-0.4, -0.2) is 57.3 Å². The van der Waals surface area contributed by atoms with Crippen LogP contribution in [0.2, 0.25) is 0 Å². The number of amides is 1. The van der Waals surface area contributed by atoms with E-state index in [4.69, 9.17) is 0 Å². The third-order valence-corrected chi connectivity index (χ3v) is 4.84. The average molecular weight is 453 g/mol. The number of nitrogens with zero attached hydrogens (tertiary/aromatic N) is 2. The number of rotatable bonds is 8. The van der Waals surface area contributed by atoms with Crippen LogP contribution in [0.4, 0.5) is 28.9 Å². The standard InChI is InChI=1S/C22H23F4N3O3/c1-28-10-12-29(13-11-28)17-6-4-16(5-7-17)27-20(30)9-3-15-2-8-18(31-21(23)24)14-19(15)32-22(25)26/h2-9,14,21-22H,10-13H2,1H3,(H,27,30)/b9-3+. The highest BCUT2D eigenvalue weighted by Gasteiger charge is 2.15. The van der Waals surface area contributed by atoms with Crippen molar-refractivity contribution in [3.05, 3.63) is 54.1 Å². The van der Waals surface area contributed by atoms with Crippen molar-refractivity contribution in [1.82, 2.24) is 4.90 Å². The minimum atomic E-state index is -3.17. The highest BCUT2D eigenvalue weighted by atomic mass is 19.3. The maximum atomic E-state index is 12.6. The highest BCUT2D eigenvalue weighted by molar-refractivity contribution is 6.02. The molecule has 1 aliphatic rings. The summed E-state index contributed by atoms with van der Waals surface area (Å²) < 4.78 is 58.5. The number of hydrogen-bond acceptors (Lipinski definition) is 5. The van der Waals surface area contributed by atoms with Gasteiger partial charge in [0.05, 0.1) is 0 Å². The van der Waals surface area contributed by atoms with Gasteiger partial charge in [0.2, 0.25) is 5.91 Å². The van der Waals surface area contributed by atoms with E-state index < -0.39 is 24.9 Å². The Hall–Kier alpha value is -3.27. The molecule has 1 fully saturated rings. The zero-order valence-electron chi connectivity index (χ0n) is 17.3. The molecule has 10 heteroatoms. The number of alkyl halides is 4. The number of hydrogen-bond donors (Lipinski definition) is 1. The molecule has 1 N–H and O–H groups in total. The van der Waals surface area contributed by atoms with Crippen LogP contribution in [0.25, 0.3) is 6.08 Å². The van der Waals surface area contributed by atoms with E-state index in [2.05, 4.69) is 31.6 Å². The normalized spacial score (nSPS) is 14.9. The molecule has 6 nitrogen and oxygen atoms in total. The van der Waals surface area contributed by atoms with Gasteiger partial charge in [0, 0.05) is 55.3 Å². The van der Waals surface area contributed by atoms with Gasteiger partial charge in [0.1, 0.15) is 11.5 Å². The molecule has 32 heavy (non-hydrogen) atoms. The van der Waals surface area contributed by atoms with E-state index in [0.717, 1.165) is 44.0 Å². The van der Waals surface area contributed by atoms with Gasteiger partial charge in [-0.3, -0.25) is 4.79 Å². The summed E-state index contributed by atoms with van der Waals surface area (Å²) in [5, 5.41) is 2.68. The summed E-state index contributed by atoms with van der Waals surface area (Å²) in [6.07, 6.45) is 2.38. The molecule has 0 aliphatic carbocycles. The number of likely N-dealkylation sites (N-methyl/N-ethyl adjacent to an activating group) is 1. The summed E-state index contributed by atoms with van der Waals surface area (Å²) in [7, 11) is 2.08. The monoisotopic (exact) mass is 453 g/mol. The van der Waals surface area contributed by atoms with E-state index >= 15 is 0 Å². The molecule has 0 bridgehead atoms. The van der Waals surface area contributed by atoms with Crippen molar-refractivity contribution in [2.24, 2.45) is 0 Å². The molecule has 0 atom stereocenters. The van der Waals surface area contributed by atoms with Crippen molar-refractivity contribution in [2.75, 3.05) is 43.4 Å². The van der Waals surface area contributed by atoms with Crippen LogP contribution in [0.5, 0.6) is 11.5 Å². The Balaban J connectivity index is 1.63. The van der Waals surface area contributed by atoms with Crippen molar-refractivity contribution in [2.45, 2.75) is 13.2 Å². The number of anilines is 2. The lowest BCUT2D eigenvalue weighted by Gasteiger charge is -2.34. The lowest BCUT2D eigenvalue weighted by Crippen LogP contribution is -2.44. The number of carbonyl (C=O) groups excluding carboxylic acids is 1. The predicted octanol–water partition coefficient (Wildman–Crippen LogP) is 4.29. The van der Waals surface area contributed by atoms with E-state index in [1.807, 2.05) is 12.1 Å². The van der Waals surface area contributed by atoms with Gasteiger partial charge in [0.15, 0.2) is 0 Å². The van der Waals surface area contributed by atoms with E-state index in [0.29, 0.717) is 5.69 Å². The molecule has 0 spiro atoms. The first kappa shape index (κ1) is 23.4. The van der Waals surface area contributed by atoms with E-state index in [1.165, 1.54) is 18.2 Å². The molecule has 2 aromatic carbocycles. The fraction of sp³-hybridized carbons (Fsp3) is 0.318. The lowest BCUT2D eigenvalue weighted by atomic mass is 10.1. The Kier molecular flexibility index (Phi) is 7.93. The van der Waals surface area contributed by atoms with Crippen molar-refractivity contribution < 1.29 is 31.8 Å². The summed E-state index contributed by atoms with van der Waals surface area (Å²) in [6.45, 7) is -2.46. The van der Waals surface area contributed by atoms with E-state index in [-0.39, 0.29) is 11.3 Å². The van der Waals surface area contributed by atoms with Gasteiger partial charge in [-0.2, -0.15) is 17.6 Å². The molecular weight excluding hydrogens is 430 g/mol. The van der Waals surface area contributed by atoms with Gasteiger partial charge in [0.25, 0.3) is 0 Å². The fourth-order valence-corrected chi connectivity index (χ4v) is 3.20. The van der Waals surface area contributed by atoms with Gasteiger partial charge in [-0.05, 0) is 49.5 Å². The quantitative estimate of drug-likeness (QED) is 0.477. The van der Waals surface area contributed by atoms with Crippen LogP contribution in [0.3, 0.4) is 0 Å². The molecule has 1 saturated heterocycles. The summed E-state index contributed by atoms with van der Waals surface area (Å²) in [4.78, 5) is 16.7. The number of halogens is 4. The second kappa shape index (κ2) is 10.9. The second-order valence-electron chi connectivity index (χ2n) is 7.12. The lowest BCUT2D eigenvalue weighted by molar-refractivity contribution is -0.111. The maximum absolute atomic E-state index is 12.6. The first-order chi connectivity index (χ1) is 15.3. The molecule has 172 valence electrons. The van der Waals surface area contributed by atoms with E-state index in [9.17, 15) is 22.4 Å². The zero-order valence-corrected chi connectivity index (χ0v) is 17.3. The average Bonchev–Trinajstić information content (AvgIpc) is 2.73. The Bertz CT molecular complexity index is 931. The maximum Gasteiger partial charge on any atom is 0.387 e. The van der Waals surface area contributed by atoms with Gasteiger partial charge in [-0.1, -0.05) is 0 Å². The Morgan fingerprint density at radius 3 is 2.25 bits per heavy atom. The third kappa shape index (κ3) is 6.88. The van der Waals surface area contributed by atoms with Crippen molar-refractivity contribution >= 4 is 23.4 Å². The molecular formula is C22H23F4N3O3. The third-order valence-electron chi connectivity index (χ3n) is 4.84. The largest absolute Gasteiger partial charge is 0.435 e. The predicted molar refractivity (Wildman–Crippen MR) is 114 cm³/mol. The van der Waals surface area contributed by atoms with Gasteiger partial charge >= 0.3 is 13.2 Å². The number of carbonyl (C=O) groups is 1. The first-order valence-corrected chi connectivity index (χ1v) is 9.86. The summed E-state index contributed by atoms with van der Waals surface area (Å²) in [5.41, 5.74) is 1.74. The molecule has 0 radical (unpaired) electrons. The topological polar surface area (TPSA) is 54.0 Å². The molecule has 1 amide bonds. The molecule has 1 aliphatic heterocycles. The minimum absolute atomic E-state index is 0.104. The highest BCUT2D eigenvalue weighted by Crippen LogP contribution is 2.28. The van der Waals surface area contributed by atoms with Crippen LogP contribution in [0.1, 0.15) is 5.56 Å². The second-order valence-corrected chi connectivity index (χ2v) is 7.12. The van der Waals surface area contributed by atoms with Gasteiger partial charge < -0.3 is 24.6 Å². The number of piperazine rings is 1. The fourth-order valence-electron chi connectivity index (χ4n) is 3.20. The van der Waals surface area contributed by atoms with Crippen LogP contribution >= 0.6 is 0 Å². The minimum Gasteiger partial charge on any atom is -0.435 e. The van der Waals surface area contributed by atoms with Crippen LogP contribution in [0.15, 0.2) is 48.5 Å². The van der Waals surface area contributed by atoms with Crippen LogP contribution in [-0.2, 0) is 4.79 Å².